The fraction of sp³-hybridized carbons (Fsp3) is 0.278. The first-order valence-electron chi connectivity index (χ1n) is 8.11. The van der Waals surface area contributed by atoms with Gasteiger partial charge in [-0.3, -0.25) is 14.6 Å². The Balaban J connectivity index is 1.48. The highest BCUT2D eigenvalue weighted by Gasteiger charge is 2.35. The van der Waals surface area contributed by atoms with Crippen LogP contribution in [-0.4, -0.2) is 36.6 Å². The van der Waals surface area contributed by atoms with Crippen LogP contribution in [0.5, 0.6) is 11.5 Å². The molecule has 128 valence electrons. The van der Waals surface area contributed by atoms with Crippen LogP contribution in [0.3, 0.4) is 0 Å². The molecule has 2 aliphatic heterocycles. The zero-order valence-corrected chi connectivity index (χ0v) is 13.5. The molecule has 0 saturated carbocycles. The zero-order chi connectivity index (χ0) is 17.2. The summed E-state index contributed by atoms with van der Waals surface area (Å²) in [5, 5.41) is 2.80. The van der Waals surface area contributed by atoms with E-state index >= 15 is 0 Å². The van der Waals surface area contributed by atoms with Gasteiger partial charge in [-0.15, -0.1) is 0 Å². The highest BCUT2D eigenvalue weighted by molar-refractivity contribution is 6.03. The number of anilines is 2. The maximum Gasteiger partial charge on any atom is 0.229 e. The van der Waals surface area contributed by atoms with Gasteiger partial charge >= 0.3 is 0 Å². The molecule has 2 amide bonds. The number of fused-ring (bicyclic) bond motifs is 1. The minimum absolute atomic E-state index is 0.0805. The summed E-state index contributed by atoms with van der Waals surface area (Å²) in [5.41, 5.74) is 1.34. The molecule has 1 atom stereocenters. The van der Waals surface area contributed by atoms with E-state index in [1.165, 1.54) is 0 Å². The molecule has 7 nitrogen and oxygen atoms in total. The molecule has 1 N–H and O–H groups in total. The molecule has 0 bridgehead atoms. The summed E-state index contributed by atoms with van der Waals surface area (Å²) in [6.07, 6.45) is 3.39. The molecule has 25 heavy (non-hydrogen) atoms. The van der Waals surface area contributed by atoms with Crippen molar-refractivity contribution in [2.75, 3.05) is 30.0 Å². The molecule has 3 heterocycles. The normalized spacial score (nSPS) is 19.0. The first-order valence-corrected chi connectivity index (χ1v) is 8.11. The summed E-state index contributed by atoms with van der Waals surface area (Å²) in [4.78, 5) is 30.4. The SMILES string of the molecule is O=C(Nc1cccnc1)[C@H]1CC(=O)N(c2ccc3c(c2)OCCO3)C1. The number of benzene rings is 1. The van der Waals surface area contributed by atoms with E-state index in [1.54, 1.807) is 41.6 Å². The van der Waals surface area contributed by atoms with Gasteiger partial charge in [0.25, 0.3) is 0 Å². The third-order valence-corrected chi connectivity index (χ3v) is 4.26. The van der Waals surface area contributed by atoms with Crippen molar-refractivity contribution in [1.82, 2.24) is 4.98 Å². The van der Waals surface area contributed by atoms with Crippen molar-refractivity contribution in [3.05, 3.63) is 42.7 Å². The lowest BCUT2D eigenvalue weighted by Gasteiger charge is -2.22. The van der Waals surface area contributed by atoms with Gasteiger partial charge in [0.05, 0.1) is 17.8 Å². The van der Waals surface area contributed by atoms with Crippen LogP contribution < -0.4 is 19.7 Å². The fourth-order valence-electron chi connectivity index (χ4n) is 3.01. The Labute approximate surface area is 144 Å². The molecule has 1 fully saturated rings. The Morgan fingerprint density at radius 2 is 2.04 bits per heavy atom. The highest BCUT2D eigenvalue weighted by Crippen LogP contribution is 2.36. The number of hydrogen-bond donors (Lipinski definition) is 1. The Morgan fingerprint density at radius 3 is 2.84 bits per heavy atom. The molecule has 0 aliphatic carbocycles. The summed E-state index contributed by atoms with van der Waals surface area (Å²) in [6.45, 7) is 1.34. The van der Waals surface area contributed by atoms with E-state index in [4.69, 9.17) is 9.47 Å². The number of carbonyl (C=O) groups excluding carboxylic acids is 2. The van der Waals surface area contributed by atoms with E-state index in [0.29, 0.717) is 42.6 Å². The van der Waals surface area contributed by atoms with Gasteiger partial charge in [0.1, 0.15) is 13.2 Å². The monoisotopic (exact) mass is 339 g/mol. The van der Waals surface area contributed by atoms with Crippen LogP contribution in [0.25, 0.3) is 0 Å². The minimum Gasteiger partial charge on any atom is -0.486 e. The van der Waals surface area contributed by atoms with Crippen LogP contribution in [0.15, 0.2) is 42.7 Å². The highest BCUT2D eigenvalue weighted by atomic mass is 16.6. The van der Waals surface area contributed by atoms with Crippen molar-refractivity contribution in [2.24, 2.45) is 5.92 Å². The van der Waals surface area contributed by atoms with Gasteiger partial charge in [-0.05, 0) is 24.3 Å². The second-order valence-corrected chi connectivity index (χ2v) is 5.96. The summed E-state index contributed by atoms with van der Waals surface area (Å²) in [7, 11) is 0. The molecular formula is C18H17N3O4. The average molecular weight is 339 g/mol. The van der Waals surface area contributed by atoms with E-state index in [9.17, 15) is 9.59 Å². The molecule has 1 aromatic carbocycles. The number of nitrogens with one attached hydrogen (secondary N) is 1. The number of carbonyl (C=O) groups is 2. The fourth-order valence-corrected chi connectivity index (χ4v) is 3.01. The van der Waals surface area contributed by atoms with Crippen molar-refractivity contribution in [2.45, 2.75) is 6.42 Å². The van der Waals surface area contributed by atoms with Gasteiger partial charge in [0.2, 0.25) is 11.8 Å². The number of nitrogens with zero attached hydrogens (tertiary/aromatic N) is 2. The summed E-state index contributed by atoms with van der Waals surface area (Å²) in [5.74, 6) is 0.637. The van der Waals surface area contributed by atoms with Gasteiger partial charge in [-0.2, -0.15) is 0 Å². The maximum absolute atomic E-state index is 12.4. The molecule has 1 aromatic heterocycles. The Kier molecular flexibility index (Phi) is 3.97. The average Bonchev–Trinajstić information content (AvgIpc) is 3.04. The molecule has 7 heteroatoms. The van der Waals surface area contributed by atoms with E-state index < -0.39 is 5.92 Å². The third-order valence-electron chi connectivity index (χ3n) is 4.26. The van der Waals surface area contributed by atoms with Crippen LogP contribution in [0, 0.1) is 5.92 Å². The van der Waals surface area contributed by atoms with Gasteiger partial charge in [0.15, 0.2) is 11.5 Å². The van der Waals surface area contributed by atoms with Crippen molar-refractivity contribution in [3.8, 4) is 11.5 Å². The second kappa shape index (κ2) is 6.43. The van der Waals surface area contributed by atoms with Crippen LogP contribution in [0.4, 0.5) is 11.4 Å². The number of hydrogen-bond acceptors (Lipinski definition) is 5. The lowest BCUT2D eigenvalue weighted by Crippen LogP contribution is -2.28. The zero-order valence-electron chi connectivity index (χ0n) is 13.5. The van der Waals surface area contributed by atoms with Crippen molar-refractivity contribution >= 4 is 23.2 Å². The number of rotatable bonds is 3. The van der Waals surface area contributed by atoms with Crippen molar-refractivity contribution in [3.63, 3.8) is 0 Å². The predicted octanol–water partition coefficient (Wildman–Crippen LogP) is 1.84. The molecule has 0 radical (unpaired) electrons. The smallest absolute Gasteiger partial charge is 0.229 e. The maximum atomic E-state index is 12.4. The standard InChI is InChI=1S/C18H17N3O4/c22-17-8-12(18(23)20-13-2-1-5-19-10-13)11-21(17)14-3-4-15-16(9-14)25-7-6-24-15/h1-5,9-10,12H,6-8,11H2,(H,20,23)/t12-/m0/s1. The largest absolute Gasteiger partial charge is 0.486 e. The molecule has 2 aromatic rings. The van der Waals surface area contributed by atoms with Crippen LogP contribution in [0.1, 0.15) is 6.42 Å². The number of aromatic nitrogens is 1. The minimum atomic E-state index is -0.402. The molecule has 0 unspecified atom stereocenters. The van der Waals surface area contributed by atoms with E-state index in [1.807, 2.05) is 6.07 Å². The van der Waals surface area contributed by atoms with E-state index in [0.717, 1.165) is 0 Å². The number of pyridine rings is 1. The molecule has 4 rings (SSSR count). The predicted molar refractivity (Wildman–Crippen MR) is 90.8 cm³/mol. The first kappa shape index (κ1) is 15.4. The van der Waals surface area contributed by atoms with Crippen molar-refractivity contribution < 1.29 is 19.1 Å². The molecule has 0 spiro atoms. The molecular weight excluding hydrogens is 322 g/mol. The second-order valence-electron chi connectivity index (χ2n) is 5.96. The van der Waals surface area contributed by atoms with Crippen LogP contribution in [0.2, 0.25) is 0 Å². The summed E-state index contributed by atoms with van der Waals surface area (Å²) >= 11 is 0. The first-order chi connectivity index (χ1) is 12.2. The van der Waals surface area contributed by atoms with Crippen molar-refractivity contribution in [1.29, 1.82) is 0 Å². The Morgan fingerprint density at radius 1 is 1.20 bits per heavy atom. The lowest BCUT2D eigenvalue weighted by molar-refractivity contribution is -0.122. The number of amides is 2. The lowest BCUT2D eigenvalue weighted by atomic mass is 10.1. The van der Waals surface area contributed by atoms with Gasteiger partial charge < -0.3 is 19.7 Å². The summed E-state index contributed by atoms with van der Waals surface area (Å²) < 4.78 is 11.1. The number of ether oxygens (including phenoxy) is 2. The Bertz CT molecular complexity index is 809. The van der Waals surface area contributed by atoms with E-state index in [-0.39, 0.29) is 18.2 Å². The Hall–Kier alpha value is -3.09. The summed E-state index contributed by atoms with van der Waals surface area (Å²) in [6, 6.07) is 8.90. The van der Waals surface area contributed by atoms with Gasteiger partial charge in [0, 0.05) is 30.9 Å². The third kappa shape index (κ3) is 3.13. The quantitative estimate of drug-likeness (QED) is 0.923. The van der Waals surface area contributed by atoms with Gasteiger partial charge in [-0.25, -0.2) is 0 Å². The topological polar surface area (TPSA) is 80.8 Å². The van der Waals surface area contributed by atoms with Gasteiger partial charge in [-0.1, -0.05) is 0 Å². The van der Waals surface area contributed by atoms with Crippen LogP contribution in [-0.2, 0) is 9.59 Å². The molecule has 2 aliphatic rings. The molecule has 1 saturated heterocycles. The van der Waals surface area contributed by atoms with Crippen LogP contribution >= 0.6 is 0 Å². The van der Waals surface area contributed by atoms with E-state index in [2.05, 4.69) is 10.3 Å².